The average molecular weight is 356 g/mol. The van der Waals surface area contributed by atoms with Crippen LogP contribution in [0, 0.1) is 17.8 Å². The maximum Gasteiger partial charge on any atom is 0.123 e. The molecule has 1 aromatic carbocycles. The third-order valence-corrected chi connectivity index (χ3v) is 6.20. The first-order valence-corrected chi connectivity index (χ1v) is 9.88. The van der Waals surface area contributed by atoms with Crippen LogP contribution in [0.2, 0.25) is 0 Å². The van der Waals surface area contributed by atoms with Gasteiger partial charge in [-0.05, 0) is 68.6 Å². The Balaban J connectivity index is 1.81. The number of nitrogens with zero attached hydrogens (tertiary/aromatic N) is 1. The summed E-state index contributed by atoms with van der Waals surface area (Å²) >= 11 is 0. The molecule has 1 fully saturated rings. The molecule has 0 amide bonds. The minimum Gasteiger partial charge on any atom is -0.507 e. The van der Waals surface area contributed by atoms with Crippen molar-refractivity contribution in [2.24, 2.45) is 17.8 Å². The number of aromatic hydroxyl groups is 2. The van der Waals surface area contributed by atoms with Gasteiger partial charge in [-0.2, -0.15) is 0 Å². The third-order valence-electron chi connectivity index (χ3n) is 6.20. The molecule has 26 heavy (non-hydrogen) atoms. The van der Waals surface area contributed by atoms with Crippen molar-refractivity contribution in [1.82, 2.24) is 4.90 Å². The number of likely N-dealkylation sites (tertiary alicyclic amines) is 1. The van der Waals surface area contributed by atoms with Crippen molar-refractivity contribution in [3.8, 4) is 11.5 Å². The van der Waals surface area contributed by atoms with Gasteiger partial charge in [0, 0.05) is 30.3 Å². The molecule has 1 heterocycles. The van der Waals surface area contributed by atoms with E-state index in [-0.39, 0.29) is 17.4 Å². The fraction of sp³-hybridized carbons (Fsp3) is 0.565. The van der Waals surface area contributed by atoms with Gasteiger partial charge < -0.3 is 15.1 Å². The van der Waals surface area contributed by atoms with Crippen LogP contribution in [0.4, 0.5) is 0 Å². The van der Waals surface area contributed by atoms with Gasteiger partial charge in [-0.1, -0.05) is 32.1 Å². The maximum atomic E-state index is 10.7. The molecular formula is C23H33NO2. The first-order valence-electron chi connectivity index (χ1n) is 9.88. The summed E-state index contributed by atoms with van der Waals surface area (Å²) in [7, 11) is 0. The van der Waals surface area contributed by atoms with Crippen molar-refractivity contribution < 1.29 is 10.2 Å². The Hall–Kier alpha value is -1.90. The van der Waals surface area contributed by atoms with Gasteiger partial charge in [-0.3, -0.25) is 0 Å². The Morgan fingerprint density at radius 2 is 1.85 bits per heavy atom. The quantitative estimate of drug-likeness (QED) is 0.713. The Labute approximate surface area is 158 Å². The lowest BCUT2D eigenvalue weighted by molar-refractivity contribution is 0.144. The monoisotopic (exact) mass is 355 g/mol. The molecule has 0 bridgehead atoms. The fourth-order valence-electron chi connectivity index (χ4n) is 4.62. The van der Waals surface area contributed by atoms with E-state index in [4.69, 9.17) is 0 Å². The Morgan fingerprint density at radius 1 is 1.23 bits per heavy atom. The molecule has 2 aliphatic rings. The van der Waals surface area contributed by atoms with Crippen LogP contribution in [0.5, 0.6) is 11.5 Å². The van der Waals surface area contributed by atoms with Gasteiger partial charge in [0.2, 0.25) is 0 Å². The summed E-state index contributed by atoms with van der Waals surface area (Å²) in [4.78, 5) is 2.27. The molecule has 0 radical (unpaired) electrons. The molecule has 1 saturated heterocycles. The van der Waals surface area contributed by atoms with Crippen LogP contribution in [0.1, 0.15) is 57.6 Å². The molecule has 1 unspecified atom stereocenters. The highest BCUT2D eigenvalue weighted by Gasteiger charge is 2.32. The second kappa shape index (κ2) is 7.38. The van der Waals surface area contributed by atoms with Gasteiger partial charge >= 0.3 is 0 Å². The molecule has 2 N–H and O–H groups in total. The van der Waals surface area contributed by atoms with Crippen molar-refractivity contribution in [2.75, 3.05) is 13.1 Å². The molecule has 0 saturated carbocycles. The van der Waals surface area contributed by atoms with Gasteiger partial charge in [-0.25, -0.2) is 0 Å². The Kier molecular flexibility index (Phi) is 5.36. The van der Waals surface area contributed by atoms with Crippen LogP contribution in [0.3, 0.4) is 0 Å². The zero-order valence-corrected chi connectivity index (χ0v) is 16.6. The predicted molar refractivity (Wildman–Crippen MR) is 107 cm³/mol. The van der Waals surface area contributed by atoms with E-state index in [2.05, 4.69) is 38.3 Å². The van der Waals surface area contributed by atoms with Crippen molar-refractivity contribution >= 4 is 0 Å². The number of hydrogen-bond acceptors (Lipinski definition) is 3. The van der Waals surface area contributed by atoms with E-state index in [0.717, 1.165) is 43.6 Å². The zero-order valence-electron chi connectivity index (χ0n) is 16.6. The average Bonchev–Trinajstić information content (AvgIpc) is 2.49. The normalized spacial score (nSPS) is 23.7. The zero-order chi connectivity index (χ0) is 19.0. The van der Waals surface area contributed by atoms with E-state index >= 15 is 0 Å². The van der Waals surface area contributed by atoms with E-state index in [1.165, 1.54) is 5.57 Å². The number of hydrogen-bond donors (Lipinski definition) is 2. The van der Waals surface area contributed by atoms with Crippen molar-refractivity contribution in [2.45, 2.75) is 52.9 Å². The number of phenolic OH excluding ortho intramolecular Hbond substituents is 2. The van der Waals surface area contributed by atoms with Crippen LogP contribution in [0.15, 0.2) is 36.1 Å². The second-order valence-corrected chi connectivity index (χ2v) is 8.74. The summed E-state index contributed by atoms with van der Waals surface area (Å²) < 4.78 is 0. The highest BCUT2D eigenvalue weighted by atomic mass is 16.3. The van der Waals surface area contributed by atoms with Crippen molar-refractivity contribution in [3.05, 3.63) is 47.2 Å². The Bertz CT molecular complexity index is 690. The van der Waals surface area contributed by atoms with E-state index in [0.29, 0.717) is 23.3 Å². The molecule has 3 rings (SSSR count). The van der Waals surface area contributed by atoms with Crippen molar-refractivity contribution in [1.29, 1.82) is 0 Å². The number of rotatable bonds is 5. The standard InChI is InChI=1S/C23H33NO2/c1-14(2)19-7-6-16(5)8-20(19)23-21(25)10-17(11-22(23)26)9-18-12-24(13-18)15(3)4/h8,10-11,14,18-20,25-26H,3,6-7,9,12-13H2,1-2,4-5H3/t19?,20-/m1/s1. The van der Waals surface area contributed by atoms with E-state index in [1.54, 1.807) is 0 Å². The highest BCUT2D eigenvalue weighted by Crippen LogP contribution is 2.47. The second-order valence-electron chi connectivity index (χ2n) is 8.74. The molecule has 0 aromatic heterocycles. The lowest BCUT2D eigenvalue weighted by Gasteiger charge is -2.41. The topological polar surface area (TPSA) is 43.7 Å². The highest BCUT2D eigenvalue weighted by molar-refractivity contribution is 5.51. The molecular weight excluding hydrogens is 322 g/mol. The summed E-state index contributed by atoms with van der Waals surface area (Å²) in [6.45, 7) is 14.7. The summed E-state index contributed by atoms with van der Waals surface area (Å²) in [6, 6.07) is 3.74. The third kappa shape index (κ3) is 3.77. The van der Waals surface area contributed by atoms with E-state index in [9.17, 15) is 10.2 Å². The van der Waals surface area contributed by atoms with Gasteiger partial charge in [0.05, 0.1) is 0 Å². The predicted octanol–water partition coefficient (Wildman–Crippen LogP) is 5.20. The first-order chi connectivity index (χ1) is 12.3. The number of allylic oxidation sites excluding steroid dienone is 3. The minimum atomic E-state index is 0.0976. The van der Waals surface area contributed by atoms with Crippen LogP contribution in [-0.4, -0.2) is 28.2 Å². The van der Waals surface area contributed by atoms with E-state index in [1.807, 2.05) is 19.1 Å². The largest absolute Gasteiger partial charge is 0.507 e. The Morgan fingerprint density at radius 3 is 2.38 bits per heavy atom. The lowest BCUT2D eigenvalue weighted by atomic mass is 9.71. The van der Waals surface area contributed by atoms with Crippen LogP contribution in [-0.2, 0) is 6.42 Å². The molecule has 3 heteroatoms. The van der Waals surface area contributed by atoms with Crippen LogP contribution < -0.4 is 0 Å². The maximum absolute atomic E-state index is 10.7. The minimum absolute atomic E-state index is 0.0976. The number of phenols is 2. The van der Waals surface area contributed by atoms with Gasteiger partial charge in [0.1, 0.15) is 11.5 Å². The summed E-state index contributed by atoms with van der Waals surface area (Å²) in [5.74, 6) is 2.13. The fourth-order valence-corrected chi connectivity index (χ4v) is 4.62. The van der Waals surface area contributed by atoms with Gasteiger partial charge in [-0.15, -0.1) is 0 Å². The van der Waals surface area contributed by atoms with Gasteiger partial charge in [0.25, 0.3) is 0 Å². The number of benzene rings is 1. The molecule has 1 aromatic rings. The molecule has 0 spiro atoms. The van der Waals surface area contributed by atoms with Crippen molar-refractivity contribution in [3.63, 3.8) is 0 Å². The summed E-state index contributed by atoms with van der Waals surface area (Å²) in [5.41, 5.74) is 4.20. The molecule has 142 valence electrons. The van der Waals surface area contributed by atoms with Crippen LogP contribution in [0.25, 0.3) is 0 Å². The molecule has 3 nitrogen and oxygen atoms in total. The molecule has 1 aliphatic carbocycles. The van der Waals surface area contributed by atoms with Gasteiger partial charge in [0.15, 0.2) is 0 Å². The first kappa shape index (κ1) is 18.9. The molecule has 1 aliphatic heterocycles. The molecule has 2 atom stereocenters. The smallest absolute Gasteiger partial charge is 0.123 e. The van der Waals surface area contributed by atoms with Crippen LogP contribution >= 0.6 is 0 Å². The van der Waals surface area contributed by atoms with E-state index < -0.39 is 0 Å². The lowest BCUT2D eigenvalue weighted by Crippen LogP contribution is -2.45. The summed E-state index contributed by atoms with van der Waals surface area (Å²) in [5, 5.41) is 21.5. The SMILES string of the molecule is C=C(C)N1CC(Cc2cc(O)c([C@@H]3C=C(C)CCC3C(C)C)c(O)c2)C1. The summed E-state index contributed by atoms with van der Waals surface area (Å²) in [6.07, 6.45) is 5.36.